The van der Waals surface area contributed by atoms with Gasteiger partial charge in [-0.1, -0.05) is 44.6 Å². The Morgan fingerprint density at radius 1 is 1.00 bits per heavy atom. The van der Waals surface area contributed by atoms with E-state index in [1.165, 1.54) is 11.8 Å². The summed E-state index contributed by atoms with van der Waals surface area (Å²) in [7, 11) is 0. The first-order valence-electron chi connectivity index (χ1n) is 8.06. The molecule has 0 atom stereocenters. The van der Waals surface area contributed by atoms with Crippen LogP contribution in [0, 0.1) is 10.8 Å². The van der Waals surface area contributed by atoms with Gasteiger partial charge in [-0.25, -0.2) is 0 Å². The predicted molar refractivity (Wildman–Crippen MR) is 97.2 cm³/mol. The number of hydrogen-bond acceptors (Lipinski definition) is 6. The van der Waals surface area contributed by atoms with E-state index in [1.807, 2.05) is 0 Å². The van der Waals surface area contributed by atoms with Gasteiger partial charge >= 0.3 is 0 Å². The van der Waals surface area contributed by atoms with Crippen molar-refractivity contribution in [3.63, 3.8) is 0 Å². The first-order chi connectivity index (χ1) is 11.2. The van der Waals surface area contributed by atoms with Gasteiger partial charge in [0.05, 0.1) is 39.6 Å². The van der Waals surface area contributed by atoms with Crippen molar-refractivity contribution in [1.29, 1.82) is 0 Å². The van der Waals surface area contributed by atoms with Gasteiger partial charge in [0.1, 0.15) is 0 Å². The molecule has 0 aliphatic carbocycles. The third-order valence-electron chi connectivity index (χ3n) is 2.90. The summed E-state index contributed by atoms with van der Waals surface area (Å²) >= 11 is 1.28. The zero-order chi connectivity index (χ0) is 18.5. The van der Waals surface area contributed by atoms with Gasteiger partial charge < -0.3 is 14.2 Å². The first-order valence-corrected chi connectivity index (χ1v) is 9.05. The highest BCUT2D eigenvalue weighted by Gasteiger charge is 2.23. The molecule has 0 rings (SSSR count). The van der Waals surface area contributed by atoms with Crippen molar-refractivity contribution >= 4 is 16.9 Å². The van der Waals surface area contributed by atoms with E-state index in [4.69, 9.17) is 19.7 Å². The summed E-state index contributed by atoms with van der Waals surface area (Å²) in [6, 6.07) is 0. The van der Waals surface area contributed by atoms with E-state index in [1.54, 1.807) is 6.92 Å². The maximum Gasteiger partial charge on any atom is 0.185 e. The number of hydrogen-bond donors (Lipinski definition) is 0. The average Bonchev–Trinajstić information content (AvgIpc) is 2.45. The third-order valence-corrected chi connectivity index (χ3v) is 3.68. The topological polar surface area (TPSA) is 93.5 Å². The van der Waals surface area contributed by atoms with E-state index in [0.29, 0.717) is 51.9 Å². The minimum atomic E-state index is -0.106. The molecule has 0 fully saturated rings. The van der Waals surface area contributed by atoms with Crippen LogP contribution in [0.2, 0.25) is 0 Å². The van der Waals surface area contributed by atoms with E-state index < -0.39 is 0 Å². The third kappa shape index (κ3) is 14.8. The second kappa shape index (κ2) is 12.6. The SMILES string of the molecule is CC(=O)SCCOCC(C)(C)COCC(C)(C)COCCN=[N+]=[N-]. The summed E-state index contributed by atoms with van der Waals surface area (Å²) in [5.41, 5.74) is 8.00. The normalized spacial score (nSPS) is 12.0. The van der Waals surface area contributed by atoms with Gasteiger partial charge in [0, 0.05) is 35.0 Å². The molecule has 8 heteroatoms. The van der Waals surface area contributed by atoms with Gasteiger partial charge in [0.15, 0.2) is 5.12 Å². The molecule has 0 radical (unpaired) electrons. The monoisotopic (exact) mass is 361 g/mol. The lowest BCUT2D eigenvalue weighted by atomic mass is 9.94. The highest BCUT2D eigenvalue weighted by molar-refractivity contribution is 8.13. The molecule has 0 saturated carbocycles. The van der Waals surface area contributed by atoms with Crippen LogP contribution in [0.25, 0.3) is 10.4 Å². The van der Waals surface area contributed by atoms with E-state index >= 15 is 0 Å². The number of carbonyl (C=O) groups excluding carboxylic acids is 1. The molecule has 0 aromatic carbocycles. The van der Waals surface area contributed by atoms with Crippen molar-refractivity contribution < 1.29 is 19.0 Å². The highest BCUT2D eigenvalue weighted by Crippen LogP contribution is 2.20. The molecule has 0 heterocycles. The van der Waals surface area contributed by atoms with Crippen LogP contribution in [-0.4, -0.2) is 57.1 Å². The van der Waals surface area contributed by atoms with Crippen molar-refractivity contribution in [2.75, 3.05) is 51.9 Å². The van der Waals surface area contributed by atoms with Crippen molar-refractivity contribution in [3.8, 4) is 0 Å². The minimum Gasteiger partial charge on any atom is -0.381 e. The molecule has 0 saturated heterocycles. The molecule has 140 valence electrons. The lowest BCUT2D eigenvalue weighted by Gasteiger charge is -2.28. The van der Waals surface area contributed by atoms with Crippen molar-refractivity contribution in [1.82, 2.24) is 0 Å². The second-order valence-corrected chi connectivity index (χ2v) is 8.49. The maximum absolute atomic E-state index is 10.8. The molecule has 24 heavy (non-hydrogen) atoms. The fraction of sp³-hybridized carbons (Fsp3) is 0.938. The van der Waals surface area contributed by atoms with Crippen LogP contribution in [0.15, 0.2) is 5.11 Å². The van der Waals surface area contributed by atoms with E-state index in [2.05, 4.69) is 37.7 Å². The van der Waals surface area contributed by atoms with Crippen LogP contribution >= 0.6 is 11.8 Å². The van der Waals surface area contributed by atoms with E-state index in [0.717, 1.165) is 0 Å². The molecule has 0 bridgehead atoms. The number of azide groups is 1. The van der Waals surface area contributed by atoms with Gasteiger partial charge in [-0.2, -0.15) is 0 Å². The zero-order valence-electron chi connectivity index (χ0n) is 15.5. The molecule has 0 aromatic rings. The average molecular weight is 362 g/mol. The summed E-state index contributed by atoms with van der Waals surface area (Å²) in [4.78, 5) is 13.5. The van der Waals surface area contributed by atoms with E-state index in [9.17, 15) is 4.79 Å². The van der Waals surface area contributed by atoms with Crippen LogP contribution in [0.3, 0.4) is 0 Å². The van der Waals surface area contributed by atoms with Gasteiger partial charge in [-0.05, 0) is 5.53 Å². The summed E-state index contributed by atoms with van der Waals surface area (Å²) in [6.07, 6.45) is 0. The molecular formula is C16H31N3O4S. The van der Waals surface area contributed by atoms with Crippen LogP contribution in [-0.2, 0) is 19.0 Å². The highest BCUT2D eigenvalue weighted by atomic mass is 32.2. The summed E-state index contributed by atoms with van der Waals surface area (Å²) in [5, 5.41) is 3.54. The van der Waals surface area contributed by atoms with Crippen LogP contribution in [0.1, 0.15) is 34.6 Å². The fourth-order valence-corrected chi connectivity index (χ4v) is 2.27. The molecular weight excluding hydrogens is 330 g/mol. The van der Waals surface area contributed by atoms with E-state index in [-0.39, 0.29) is 15.9 Å². The van der Waals surface area contributed by atoms with Crippen molar-refractivity contribution in [2.45, 2.75) is 34.6 Å². The first kappa shape index (κ1) is 23.2. The standard InChI is InChI=1S/C16H31N3O4S/c1-14(20)24-9-8-22-11-16(4,5)13-23-12-15(2,3)10-21-7-6-18-19-17/h6-13H2,1-5H3. The second-order valence-electron chi connectivity index (χ2n) is 7.22. The number of rotatable bonds is 14. The Bertz CT molecular complexity index is 410. The fourth-order valence-electron chi connectivity index (χ4n) is 1.78. The van der Waals surface area contributed by atoms with Crippen molar-refractivity contribution in [3.05, 3.63) is 10.4 Å². The Morgan fingerprint density at radius 3 is 2.00 bits per heavy atom. The number of ether oxygens (including phenoxy) is 3. The number of nitrogens with zero attached hydrogens (tertiary/aromatic N) is 3. The zero-order valence-corrected chi connectivity index (χ0v) is 16.4. The molecule has 0 N–H and O–H groups in total. The van der Waals surface area contributed by atoms with Crippen molar-refractivity contribution in [2.24, 2.45) is 15.9 Å². The molecule has 0 amide bonds. The molecule has 0 spiro atoms. The largest absolute Gasteiger partial charge is 0.381 e. The quantitative estimate of drug-likeness (QED) is 0.204. The predicted octanol–water partition coefficient (Wildman–Crippen LogP) is 3.68. The Hall–Kier alpha value is -0.790. The Morgan fingerprint density at radius 2 is 1.50 bits per heavy atom. The Balaban J connectivity index is 3.83. The molecule has 7 nitrogen and oxygen atoms in total. The lowest BCUT2D eigenvalue weighted by Crippen LogP contribution is -2.31. The molecule has 0 aromatic heterocycles. The lowest BCUT2D eigenvalue weighted by molar-refractivity contribution is -0.109. The summed E-state index contributed by atoms with van der Waals surface area (Å²) in [5.74, 6) is 0.687. The van der Waals surface area contributed by atoms with Gasteiger partial charge in [0.25, 0.3) is 0 Å². The number of thioether (sulfide) groups is 1. The molecule has 0 aliphatic heterocycles. The molecule has 0 aliphatic rings. The minimum absolute atomic E-state index is 0.0840. The summed E-state index contributed by atoms with van der Waals surface area (Å²) in [6.45, 7) is 13.5. The smallest absolute Gasteiger partial charge is 0.185 e. The van der Waals surface area contributed by atoms with Crippen LogP contribution < -0.4 is 0 Å². The molecule has 0 unspecified atom stereocenters. The Kier molecular flexibility index (Phi) is 12.1. The van der Waals surface area contributed by atoms with Gasteiger partial charge in [0.2, 0.25) is 0 Å². The maximum atomic E-state index is 10.8. The number of carbonyl (C=O) groups is 1. The van der Waals surface area contributed by atoms with Gasteiger partial charge in [-0.15, -0.1) is 0 Å². The van der Waals surface area contributed by atoms with Crippen LogP contribution in [0.4, 0.5) is 0 Å². The summed E-state index contributed by atoms with van der Waals surface area (Å²) < 4.78 is 16.9. The Labute approximate surface area is 149 Å². The van der Waals surface area contributed by atoms with Crippen LogP contribution in [0.5, 0.6) is 0 Å². The van der Waals surface area contributed by atoms with Gasteiger partial charge in [-0.3, -0.25) is 4.79 Å².